The van der Waals surface area contributed by atoms with Gasteiger partial charge in [0, 0.05) is 12.4 Å². The van der Waals surface area contributed by atoms with Crippen molar-refractivity contribution < 1.29 is 20.0 Å². The number of hydrogen-bond acceptors (Lipinski definition) is 6. The molecule has 0 unspecified atom stereocenters. The van der Waals surface area contributed by atoms with Crippen molar-refractivity contribution in [3.8, 4) is 5.19 Å². The maximum absolute atomic E-state index is 10.3. The van der Waals surface area contributed by atoms with Gasteiger partial charge in [-0.3, -0.25) is 0 Å². The first-order chi connectivity index (χ1) is 14.6. The van der Waals surface area contributed by atoms with Crippen molar-refractivity contribution in [3.05, 3.63) is 24.3 Å². The Morgan fingerprint density at radius 2 is 1.63 bits per heavy atom. The number of para-hydroxylation sites is 1. The average molecular weight is 449 g/mol. The Balaban J connectivity index is 0.000000177. The summed E-state index contributed by atoms with van der Waals surface area (Å²) in [4.78, 5) is 14.5. The van der Waals surface area contributed by atoms with Crippen LogP contribution in [0.3, 0.4) is 0 Å². The highest BCUT2D eigenvalue weighted by Crippen LogP contribution is 2.27. The predicted molar refractivity (Wildman–Crippen MR) is 123 cm³/mol. The molecule has 7 heteroatoms. The molecule has 0 radical (unpaired) electrons. The van der Waals surface area contributed by atoms with Crippen LogP contribution in [-0.2, 0) is 4.79 Å². The number of thiazole rings is 1. The summed E-state index contributed by atoms with van der Waals surface area (Å²) in [6.07, 6.45) is 15.0. The summed E-state index contributed by atoms with van der Waals surface area (Å²) in [6.45, 7) is 0. The maximum Gasteiger partial charge on any atom is 0.280 e. The Labute approximate surface area is 188 Å². The van der Waals surface area contributed by atoms with Crippen molar-refractivity contribution >= 4 is 44.8 Å². The molecule has 0 bridgehead atoms. The van der Waals surface area contributed by atoms with Crippen LogP contribution in [0.15, 0.2) is 24.3 Å². The van der Waals surface area contributed by atoms with E-state index in [0.717, 1.165) is 22.3 Å². The minimum atomic E-state index is -1.14. The number of benzene rings is 1. The van der Waals surface area contributed by atoms with Gasteiger partial charge in [-0.2, -0.15) is 0 Å². The van der Waals surface area contributed by atoms with Gasteiger partial charge < -0.3 is 20.0 Å². The van der Waals surface area contributed by atoms with Crippen LogP contribution in [0.2, 0.25) is 0 Å². The SMILES string of the molecule is C1CCC([NH2+]C2CCCCC2)CC1.O=C([O-])CCC(=S)Oc1nc2ccccc2s1. The van der Waals surface area contributed by atoms with Crippen LogP contribution in [0.4, 0.5) is 0 Å². The lowest BCUT2D eigenvalue weighted by Gasteiger charge is -2.27. The van der Waals surface area contributed by atoms with Gasteiger partial charge in [-0.05, 0) is 82.1 Å². The number of nitrogens with two attached hydrogens (primary N) is 1. The molecule has 2 aliphatic rings. The predicted octanol–water partition coefficient (Wildman–Crippen LogP) is 3.75. The van der Waals surface area contributed by atoms with E-state index in [4.69, 9.17) is 17.0 Å². The molecule has 0 spiro atoms. The number of aliphatic carboxylic acids is 1. The molecule has 2 aromatic rings. The van der Waals surface area contributed by atoms with Gasteiger partial charge in [0.05, 0.1) is 22.3 Å². The Bertz CT molecular complexity index is 763. The van der Waals surface area contributed by atoms with E-state index < -0.39 is 5.97 Å². The maximum atomic E-state index is 10.3. The fourth-order valence-corrected chi connectivity index (χ4v) is 5.36. The number of hydrogen-bond donors (Lipinski definition) is 1. The molecule has 2 aliphatic carbocycles. The first-order valence-electron chi connectivity index (χ1n) is 11.2. The van der Waals surface area contributed by atoms with Crippen LogP contribution < -0.4 is 15.2 Å². The second-order valence-corrected chi connectivity index (χ2v) is 9.73. The summed E-state index contributed by atoms with van der Waals surface area (Å²) in [7, 11) is 0. The highest BCUT2D eigenvalue weighted by Gasteiger charge is 2.22. The zero-order chi connectivity index (χ0) is 21.2. The quantitative estimate of drug-likeness (QED) is 0.681. The lowest BCUT2D eigenvalue weighted by atomic mass is 9.91. The molecule has 164 valence electrons. The third-order valence-electron chi connectivity index (χ3n) is 5.85. The topological polar surface area (TPSA) is 78.9 Å². The standard InChI is InChI=1S/C12H23N.C11H9NO3S2/c1-3-7-11(8-4-1)13-12-9-5-2-6-10-12;13-9(14)5-6-10(16)15-11-12-7-3-1-2-4-8(7)17-11/h11-13H,1-10H2;1-4H,5-6H2,(H,13,14). The molecule has 2 saturated carbocycles. The van der Waals surface area contributed by atoms with Crippen molar-refractivity contribution in [2.75, 3.05) is 0 Å². The van der Waals surface area contributed by atoms with Gasteiger partial charge in [0.2, 0.25) is 0 Å². The molecule has 0 aliphatic heterocycles. The molecule has 4 rings (SSSR count). The van der Waals surface area contributed by atoms with Crippen molar-refractivity contribution in [1.82, 2.24) is 4.98 Å². The summed E-state index contributed by atoms with van der Waals surface area (Å²) in [5, 5.41) is 13.6. The van der Waals surface area contributed by atoms with Crippen molar-refractivity contribution in [1.29, 1.82) is 0 Å². The number of nitrogens with zero attached hydrogens (tertiary/aromatic N) is 1. The van der Waals surface area contributed by atoms with E-state index in [-0.39, 0.29) is 17.9 Å². The second-order valence-electron chi connectivity index (χ2n) is 8.28. The lowest BCUT2D eigenvalue weighted by Crippen LogP contribution is -2.95. The monoisotopic (exact) mass is 448 g/mol. The number of ether oxygens (including phenoxy) is 1. The third-order valence-corrected chi connectivity index (χ3v) is 7.05. The van der Waals surface area contributed by atoms with Crippen LogP contribution in [0.5, 0.6) is 5.19 Å². The van der Waals surface area contributed by atoms with E-state index in [1.165, 1.54) is 75.5 Å². The summed E-state index contributed by atoms with van der Waals surface area (Å²) < 4.78 is 6.30. The van der Waals surface area contributed by atoms with Crippen LogP contribution >= 0.6 is 23.6 Å². The summed E-state index contributed by atoms with van der Waals surface area (Å²) >= 11 is 6.29. The van der Waals surface area contributed by atoms with Gasteiger partial charge in [0.15, 0.2) is 5.05 Å². The number of carboxylic acids is 1. The molecule has 1 heterocycles. The van der Waals surface area contributed by atoms with E-state index in [2.05, 4.69) is 10.3 Å². The van der Waals surface area contributed by atoms with Gasteiger partial charge in [-0.1, -0.05) is 36.3 Å². The van der Waals surface area contributed by atoms with Gasteiger partial charge in [-0.25, -0.2) is 4.98 Å². The summed E-state index contributed by atoms with van der Waals surface area (Å²) in [5.74, 6) is -1.14. The number of carbonyl (C=O) groups is 1. The van der Waals surface area contributed by atoms with Gasteiger partial charge >= 0.3 is 0 Å². The van der Waals surface area contributed by atoms with E-state index in [1.54, 1.807) is 0 Å². The van der Waals surface area contributed by atoms with Gasteiger partial charge in [-0.15, -0.1) is 0 Å². The fourth-order valence-electron chi connectivity index (χ4n) is 4.29. The Morgan fingerprint density at radius 1 is 1.03 bits per heavy atom. The molecule has 0 saturated heterocycles. The minimum absolute atomic E-state index is 0.135. The molecule has 0 atom stereocenters. The number of aromatic nitrogens is 1. The first kappa shape index (κ1) is 23.1. The molecule has 1 aromatic carbocycles. The van der Waals surface area contributed by atoms with Crippen molar-refractivity contribution in [2.45, 2.75) is 89.1 Å². The zero-order valence-electron chi connectivity index (χ0n) is 17.5. The second kappa shape index (κ2) is 12.3. The van der Waals surface area contributed by atoms with Crippen molar-refractivity contribution in [2.24, 2.45) is 0 Å². The molecule has 2 N–H and O–H groups in total. The van der Waals surface area contributed by atoms with E-state index >= 15 is 0 Å². The van der Waals surface area contributed by atoms with Crippen LogP contribution in [0.25, 0.3) is 10.2 Å². The number of fused-ring (bicyclic) bond motifs is 1. The summed E-state index contributed by atoms with van der Waals surface area (Å²) in [5.41, 5.74) is 0.843. The number of carbonyl (C=O) groups excluding carboxylic acids is 1. The molecule has 5 nitrogen and oxygen atoms in total. The Hall–Kier alpha value is -1.57. The molecular weight excluding hydrogens is 416 g/mol. The van der Waals surface area contributed by atoms with Crippen LogP contribution in [0.1, 0.15) is 77.0 Å². The number of carboxylic acid groups (broad SMARTS) is 1. The van der Waals surface area contributed by atoms with Gasteiger partial charge in [0.1, 0.15) is 0 Å². The molecular formula is C23H32N2O3S2. The number of quaternary nitrogens is 1. The van der Waals surface area contributed by atoms with Crippen LogP contribution in [0, 0.1) is 0 Å². The normalized spacial score (nSPS) is 17.9. The molecule has 2 fully saturated rings. The first-order valence-corrected chi connectivity index (χ1v) is 12.4. The van der Waals surface area contributed by atoms with Crippen LogP contribution in [-0.4, -0.2) is 28.1 Å². The molecule has 0 amide bonds. The third kappa shape index (κ3) is 7.93. The van der Waals surface area contributed by atoms with Crippen molar-refractivity contribution in [3.63, 3.8) is 0 Å². The molecule has 1 aromatic heterocycles. The largest absolute Gasteiger partial charge is 0.550 e. The Morgan fingerprint density at radius 3 is 2.20 bits per heavy atom. The zero-order valence-corrected chi connectivity index (χ0v) is 19.1. The fraction of sp³-hybridized carbons (Fsp3) is 0.609. The smallest absolute Gasteiger partial charge is 0.280 e. The van der Waals surface area contributed by atoms with Gasteiger partial charge in [0.25, 0.3) is 5.19 Å². The Kier molecular flexibility index (Phi) is 9.49. The van der Waals surface area contributed by atoms with E-state index in [9.17, 15) is 9.90 Å². The van der Waals surface area contributed by atoms with E-state index in [0.29, 0.717) is 5.19 Å². The lowest BCUT2D eigenvalue weighted by molar-refractivity contribution is -0.725. The highest BCUT2D eigenvalue weighted by molar-refractivity contribution is 7.80. The average Bonchev–Trinajstić information content (AvgIpc) is 3.16. The molecule has 30 heavy (non-hydrogen) atoms. The highest BCUT2D eigenvalue weighted by atomic mass is 32.1. The number of rotatable bonds is 6. The minimum Gasteiger partial charge on any atom is -0.550 e. The summed E-state index contributed by atoms with van der Waals surface area (Å²) in [6, 6.07) is 9.61. The number of thiocarbonyl (C=S) groups is 1. The van der Waals surface area contributed by atoms with E-state index in [1.807, 2.05) is 24.3 Å².